The molecule has 116 valence electrons. The van der Waals surface area contributed by atoms with Crippen molar-refractivity contribution in [3.8, 4) is 0 Å². The Bertz CT molecular complexity index is 979. The van der Waals surface area contributed by atoms with Gasteiger partial charge < -0.3 is 5.32 Å². The van der Waals surface area contributed by atoms with Gasteiger partial charge in [-0.3, -0.25) is 14.3 Å². The van der Waals surface area contributed by atoms with Gasteiger partial charge in [0.25, 0.3) is 5.91 Å². The van der Waals surface area contributed by atoms with E-state index in [-0.39, 0.29) is 11.4 Å². The molecule has 5 nitrogen and oxygen atoms in total. The zero-order chi connectivity index (χ0) is 16.6. The third-order valence-corrected chi connectivity index (χ3v) is 3.51. The molecule has 1 amide bonds. The van der Waals surface area contributed by atoms with E-state index in [0.29, 0.717) is 10.9 Å². The van der Waals surface area contributed by atoms with E-state index in [1.54, 1.807) is 19.2 Å². The molecule has 3 rings (SSSR count). The van der Waals surface area contributed by atoms with Crippen molar-refractivity contribution in [2.75, 3.05) is 5.32 Å². The van der Waals surface area contributed by atoms with Crippen molar-refractivity contribution in [1.29, 1.82) is 0 Å². The quantitative estimate of drug-likeness (QED) is 0.791. The van der Waals surface area contributed by atoms with Crippen molar-refractivity contribution in [2.45, 2.75) is 6.92 Å². The number of hydrogen-bond acceptors (Lipinski definition) is 3. The highest BCUT2D eigenvalue weighted by Gasteiger charge is 2.17. The van der Waals surface area contributed by atoms with E-state index in [2.05, 4.69) is 10.4 Å². The van der Waals surface area contributed by atoms with Crippen molar-refractivity contribution < 1.29 is 9.18 Å². The van der Waals surface area contributed by atoms with E-state index in [1.165, 1.54) is 28.9 Å². The predicted octanol–water partition coefficient (Wildman–Crippen LogP) is 2.63. The van der Waals surface area contributed by atoms with Crippen LogP contribution in [-0.2, 0) is 7.05 Å². The lowest BCUT2D eigenvalue weighted by atomic mass is 10.1. The van der Waals surface area contributed by atoms with Gasteiger partial charge in [0.05, 0.1) is 10.9 Å². The Kier molecular flexibility index (Phi) is 3.65. The van der Waals surface area contributed by atoms with Crippen molar-refractivity contribution in [1.82, 2.24) is 9.78 Å². The first-order chi connectivity index (χ1) is 11.0. The molecule has 0 saturated heterocycles. The molecule has 0 bridgehead atoms. The Balaban J connectivity index is 2.07. The van der Waals surface area contributed by atoms with E-state index in [0.717, 1.165) is 5.56 Å². The molecule has 0 unspecified atom stereocenters. The van der Waals surface area contributed by atoms with Crippen LogP contribution in [0.4, 0.5) is 10.1 Å². The summed E-state index contributed by atoms with van der Waals surface area (Å²) in [5.74, 6) is -1.14. The number of aryl methyl sites for hydroxylation is 2. The molecule has 0 aliphatic carbocycles. The fourth-order valence-electron chi connectivity index (χ4n) is 2.40. The van der Waals surface area contributed by atoms with Crippen molar-refractivity contribution in [2.24, 2.45) is 7.05 Å². The van der Waals surface area contributed by atoms with Crippen molar-refractivity contribution >= 4 is 22.5 Å². The molecule has 0 atom stereocenters. The topological polar surface area (TPSA) is 64.0 Å². The molecule has 1 aromatic heterocycles. The number of amides is 1. The minimum atomic E-state index is -0.667. The predicted molar refractivity (Wildman–Crippen MR) is 86.1 cm³/mol. The van der Waals surface area contributed by atoms with Crippen LogP contribution in [0.1, 0.15) is 16.1 Å². The summed E-state index contributed by atoms with van der Waals surface area (Å²) in [5, 5.41) is 6.96. The van der Waals surface area contributed by atoms with Crippen LogP contribution in [0.3, 0.4) is 0 Å². The Labute approximate surface area is 131 Å². The third kappa shape index (κ3) is 2.83. The Morgan fingerprint density at radius 3 is 2.74 bits per heavy atom. The molecule has 1 heterocycles. The molecular formula is C17H14FN3O2. The summed E-state index contributed by atoms with van der Waals surface area (Å²) < 4.78 is 14.7. The molecule has 3 aromatic rings. The summed E-state index contributed by atoms with van der Waals surface area (Å²) in [6.45, 7) is 1.87. The van der Waals surface area contributed by atoms with Crippen LogP contribution in [0, 0.1) is 12.7 Å². The van der Waals surface area contributed by atoms with Crippen LogP contribution in [0.5, 0.6) is 0 Å². The normalized spacial score (nSPS) is 10.7. The average Bonchev–Trinajstić information content (AvgIpc) is 2.50. The van der Waals surface area contributed by atoms with Gasteiger partial charge in [0.15, 0.2) is 5.69 Å². The summed E-state index contributed by atoms with van der Waals surface area (Å²) in [6, 6.07) is 10.8. The maximum atomic E-state index is 13.2. The van der Waals surface area contributed by atoms with Gasteiger partial charge in [-0.05, 0) is 37.3 Å². The molecular weight excluding hydrogens is 297 g/mol. The highest BCUT2D eigenvalue weighted by Crippen LogP contribution is 2.13. The molecule has 0 aliphatic heterocycles. The summed E-state index contributed by atoms with van der Waals surface area (Å²) in [6.07, 6.45) is 0. The molecule has 0 radical (unpaired) electrons. The van der Waals surface area contributed by atoms with Gasteiger partial charge in [-0.15, -0.1) is 0 Å². The highest BCUT2D eigenvalue weighted by molar-refractivity contribution is 6.04. The largest absolute Gasteiger partial charge is 0.320 e. The lowest BCUT2D eigenvalue weighted by Crippen LogP contribution is -2.26. The lowest BCUT2D eigenvalue weighted by molar-refractivity contribution is 0.101. The number of aromatic nitrogens is 2. The fraction of sp³-hybridized carbons (Fsp3) is 0.118. The van der Waals surface area contributed by atoms with Gasteiger partial charge >= 0.3 is 0 Å². The first-order valence-corrected chi connectivity index (χ1v) is 7.00. The van der Waals surface area contributed by atoms with Crippen LogP contribution in [0.25, 0.3) is 10.9 Å². The van der Waals surface area contributed by atoms with Crippen molar-refractivity contribution in [3.05, 3.63) is 69.8 Å². The second-order valence-corrected chi connectivity index (χ2v) is 5.29. The van der Waals surface area contributed by atoms with Gasteiger partial charge in [0.1, 0.15) is 5.82 Å². The number of fused-ring (bicyclic) bond motifs is 1. The lowest BCUT2D eigenvalue weighted by Gasteiger charge is -2.09. The summed E-state index contributed by atoms with van der Waals surface area (Å²) in [5.41, 5.74) is 1.15. The fourth-order valence-corrected chi connectivity index (χ4v) is 2.40. The first kappa shape index (κ1) is 14.9. The Hall–Kier alpha value is -3.02. The van der Waals surface area contributed by atoms with Crippen molar-refractivity contribution in [3.63, 3.8) is 0 Å². The average molecular weight is 311 g/mol. The number of rotatable bonds is 2. The SMILES string of the molecule is Cc1ccc2c(c1)c(=O)c(C(=O)Nc1cccc(F)c1)nn2C. The number of nitrogens with zero attached hydrogens (tertiary/aromatic N) is 2. The standard InChI is InChI=1S/C17H14FN3O2/c1-10-6-7-14-13(8-10)16(22)15(20-21(14)2)17(23)19-12-5-3-4-11(18)9-12/h3-9H,1-2H3,(H,19,23). The van der Waals surface area contributed by atoms with E-state index >= 15 is 0 Å². The summed E-state index contributed by atoms with van der Waals surface area (Å²) >= 11 is 0. The zero-order valence-electron chi connectivity index (χ0n) is 12.6. The third-order valence-electron chi connectivity index (χ3n) is 3.51. The number of anilines is 1. The number of carbonyl (C=O) groups is 1. The van der Waals surface area contributed by atoms with E-state index < -0.39 is 17.2 Å². The number of nitrogens with one attached hydrogen (secondary N) is 1. The van der Waals surface area contributed by atoms with Crippen LogP contribution < -0.4 is 10.7 Å². The summed E-state index contributed by atoms with van der Waals surface area (Å²) in [7, 11) is 1.66. The Morgan fingerprint density at radius 2 is 2.00 bits per heavy atom. The molecule has 0 fully saturated rings. The van der Waals surface area contributed by atoms with Crippen LogP contribution in [0.15, 0.2) is 47.3 Å². The maximum Gasteiger partial charge on any atom is 0.280 e. The van der Waals surface area contributed by atoms with Crippen LogP contribution in [-0.4, -0.2) is 15.7 Å². The highest BCUT2D eigenvalue weighted by atomic mass is 19.1. The molecule has 0 aliphatic rings. The molecule has 0 saturated carbocycles. The number of benzene rings is 2. The molecule has 0 spiro atoms. The van der Waals surface area contributed by atoms with Gasteiger partial charge in [0.2, 0.25) is 5.43 Å². The van der Waals surface area contributed by atoms with Gasteiger partial charge in [-0.25, -0.2) is 4.39 Å². The van der Waals surface area contributed by atoms with E-state index in [9.17, 15) is 14.0 Å². The second kappa shape index (κ2) is 5.64. The maximum absolute atomic E-state index is 13.2. The van der Waals surface area contributed by atoms with Gasteiger partial charge in [-0.2, -0.15) is 5.10 Å². The minimum absolute atomic E-state index is 0.227. The monoisotopic (exact) mass is 311 g/mol. The Morgan fingerprint density at radius 1 is 1.22 bits per heavy atom. The molecule has 23 heavy (non-hydrogen) atoms. The van der Waals surface area contributed by atoms with E-state index in [1.807, 2.05) is 13.0 Å². The smallest absolute Gasteiger partial charge is 0.280 e. The molecule has 6 heteroatoms. The number of halogens is 1. The first-order valence-electron chi connectivity index (χ1n) is 7.00. The second-order valence-electron chi connectivity index (χ2n) is 5.29. The molecule has 1 N–H and O–H groups in total. The minimum Gasteiger partial charge on any atom is -0.320 e. The molecule has 2 aromatic carbocycles. The number of carbonyl (C=O) groups excluding carboxylic acids is 1. The van der Waals surface area contributed by atoms with E-state index in [4.69, 9.17) is 0 Å². The van der Waals surface area contributed by atoms with Crippen LogP contribution >= 0.6 is 0 Å². The number of hydrogen-bond donors (Lipinski definition) is 1. The van der Waals surface area contributed by atoms with Gasteiger partial charge in [-0.1, -0.05) is 17.7 Å². The summed E-state index contributed by atoms with van der Waals surface area (Å²) in [4.78, 5) is 24.8. The zero-order valence-corrected chi connectivity index (χ0v) is 12.6. The van der Waals surface area contributed by atoms with Crippen LogP contribution in [0.2, 0.25) is 0 Å². The van der Waals surface area contributed by atoms with Gasteiger partial charge in [0, 0.05) is 12.7 Å².